The third kappa shape index (κ3) is 3.11. The van der Waals surface area contributed by atoms with Gasteiger partial charge in [0, 0.05) is 11.6 Å². The number of para-hydroxylation sites is 1. The molecule has 0 aliphatic rings. The molecule has 0 amide bonds. The van der Waals surface area contributed by atoms with Gasteiger partial charge >= 0.3 is 0 Å². The van der Waals surface area contributed by atoms with Crippen molar-refractivity contribution < 1.29 is 9.47 Å². The second-order valence-electron chi connectivity index (χ2n) is 4.87. The molecule has 0 saturated heterocycles. The molecule has 2 N–H and O–H groups in total. The Balaban J connectivity index is 2.27. The Morgan fingerprint density at radius 3 is 2.40 bits per heavy atom. The Bertz CT molecular complexity index is 581. The lowest BCUT2D eigenvalue weighted by Crippen LogP contribution is -2.15. The molecule has 0 aromatic heterocycles. The van der Waals surface area contributed by atoms with E-state index in [2.05, 4.69) is 13.0 Å². The van der Waals surface area contributed by atoms with E-state index in [0.717, 1.165) is 22.6 Å². The van der Waals surface area contributed by atoms with E-state index in [-0.39, 0.29) is 6.04 Å². The largest absolute Gasteiger partial charge is 0.496 e. The van der Waals surface area contributed by atoms with Gasteiger partial charge in [-0.1, -0.05) is 35.9 Å². The Labute approximate surface area is 120 Å². The molecule has 0 fully saturated rings. The number of hydrogen-bond donors (Lipinski definition) is 1. The van der Waals surface area contributed by atoms with Crippen molar-refractivity contribution in [3.8, 4) is 11.5 Å². The summed E-state index contributed by atoms with van der Waals surface area (Å²) < 4.78 is 10.8. The smallest absolute Gasteiger partial charge is 0.123 e. The second-order valence-corrected chi connectivity index (χ2v) is 4.87. The fourth-order valence-corrected chi connectivity index (χ4v) is 2.39. The lowest BCUT2D eigenvalue weighted by atomic mass is 9.97. The van der Waals surface area contributed by atoms with Crippen molar-refractivity contribution in [2.75, 3.05) is 14.2 Å². The zero-order valence-electron chi connectivity index (χ0n) is 12.2. The summed E-state index contributed by atoms with van der Waals surface area (Å²) in [6, 6.07) is 13.9. The highest BCUT2D eigenvalue weighted by atomic mass is 16.5. The maximum atomic E-state index is 6.34. The van der Waals surface area contributed by atoms with Crippen LogP contribution in [0.5, 0.6) is 11.5 Å². The molecule has 2 aromatic rings. The van der Waals surface area contributed by atoms with E-state index in [0.29, 0.717) is 6.42 Å². The van der Waals surface area contributed by atoms with Gasteiger partial charge in [0.15, 0.2) is 0 Å². The molecule has 2 aromatic carbocycles. The number of aryl methyl sites for hydroxylation is 1. The molecule has 2 rings (SSSR count). The minimum absolute atomic E-state index is 0.123. The Morgan fingerprint density at radius 1 is 1.00 bits per heavy atom. The minimum Gasteiger partial charge on any atom is -0.496 e. The average Bonchev–Trinajstić information content (AvgIpc) is 2.47. The number of hydrogen-bond acceptors (Lipinski definition) is 3. The first-order valence-corrected chi connectivity index (χ1v) is 6.67. The highest BCUT2D eigenvalue weighted by Crippen LogP contribution is 2.29. The molecule has 0 bridgehead atoms. The van der Waals surface area contributed by atoms with Gasteiger partial charge in [-0.2, -0.15) is 0 Å². The molecule has 3 nitrogen and oxygen atoms in total. The molecule has 1 atom stereocenters. The van der Waals surface area contributed by atoms with Gasteiger partial charge in [0.25, 0.3) is 0 Å². The number of ether oxygens (including phenoxy) is 2. The van der Waals surface area contributed by atoms with Crippen LogP contribution in [0.1, 0.15) is 22.7 Å². The van der Waals surface area contributed by atoms with Gasteiger partial charge in [0.05, 0.1) is 14.2 Å². The van der Waals surface area contributed by atoms with E-state index in [1.165, 1.54) is 5.56 Å². The average molecular weight is 271 g/mol. The second kappa shape index (κ2) is 6.44. The van der Waals surface area contributed by atoms with Gasteiger partial charge in [-0.3, -0.25) is 0 Å². The van der Waals surface area contributed by atoms with Crippen LogP contribution in [0.15, 0.2) is 42.5 Å². The first kappa shape index (κ1) is 14.4. The standard InChI is InChI=1S/C17H21NO2/c1-12-8-9-16(19-2)13(10-12)11-15(18)14-6-4-5-7-17(14)20-3/h4-10,15H,11,18H2,1-3H3. The quantitative estimate of drug-likeness (QED) is 0.908. The normalized spacial score (nSPS) is 12.0. The van der Waals surface area contributed by atoms with E-state index in [1.807, 2.05) is 36.4 Å². The van der Waals surface area contributed by atoms with Crippen molar-refractivity contribution in [1.82, 2.24) is 0 Å². The molecule has 3 heteroatoms. The summed E-state index contributed by atoms with van der Waals surface area (Å²) in [5, 5.41) is 0. The molecule has 20 heavy (non-hydrogen) atoms. The monoisotopic (exact) mass is 271 g/mol. The van der Waals surface area contributed by atoms with Crippen molar-refractivity contribution in [1.29, 1.82) is 0 Å². The molecule has 0 aliphatic carbocycles. The lowest BCUT2D eigenvalue weighted by molar-refractivity contribution is 0.400. The van der Waals surface area contributed by atoms with Crippen molar-refractivity contribution in [3.63, 3.8) is 0 Å². The van der Waals surface area contributed by atoms with E-state index >= 15 is 0 Å². The third-order valence-electron chi connectivity index (χ3n) is 3.41. The zero-order chi connectivity index (χ0) is 14.5. The summed E-state index contributed by atoms with van der Waals surface area (Å²) in [4.78, 5) is 0. The highest BCUT2D eigenvalue weighted by Gasteiger charge is 2.14. The maximum Gasteiger partial charge on any atom is 0.123 e. The van der Waals surface area contributed by atoms with Gasteiger partial charge in [-0.15, -0.1) is 0 Å². The van der Waals surface area contributed by atoms with E-state index in [9.17, 15) is 0 Å². The Hall–Kier alpha value is -2.00. The van der Waals surface area contributed by atoms with Gasteiger partial charge in [0.2, 0.25) is 0 Å². The molecule has 0 saturated carbocycles. The summed E-state index contributed by atoms with van der Waals surface area (Å²) in [6.07, 6.45) is 0.714. The SMILES string of the molecule is COc1ccc(C)cc1CC(N)c1ccccc1OC. The maximum absolute atomic E-state index is 6.34. The van der Waals surface area contributed by atoms with E-state index < -0.39 is 0 Å². The van der Waals surface area contributed by atoms with Crippen LogP contribution in [-0.2, 0) is 6.42 Å². The van der Waals surface area contributed by atoms with Gasteiger partial charge in [-0.25, -0.2) is 0 Å². The molecular weight excluding hydrogens is 250 g/mol. The van der Waals surface area contributed by atoms with E-state index in [1.54, 1.807) is 14.2 Å². The summed E-state index contributed by atoms with van der Waals surface area (Å²) >= 11 is 0. The summed E-state index contributed by atoms with van der Waals surface area (Å²) in [7, 11) is 3.35. The lowest BCUT2D eigenvalue weighted by Gasteiger charge is -2.17. The number of nitrogens with two attached hydrogens (primary N) is 1. The highest BCUT2D eigenvalue weighted by molar-refractivity contribution is 5.41. The fraction of sp³-hybridized carbons (Fsp3) is 0.294. The molecular formula is C17H21NO2. The van der Waals surface area contributed by atoms with Crippen LogP contribution < -0.4 is 15.2 Å². The molecule has 0 spiro atoms. The number of benzene rings is 2. The Kier molecular flexibility index (Phi) is 4.64. The zero-order valence-corrected chi connectivity index (χ0v) is 12.2. The van der Waals surface area contributed by atoms with Gasteiger partial charge in [0.1, 0.15) is 11.5 Å². The summed E-state index contributed by atoms with van der Waals surface area (Å²) in [5.41, 5.74) is 9.67. The predicted octanol–water partition coefficient (Wildman–Crippen LogP) is 3.25. The topological polar surface area (TPSA) is 44.5 Å². The first-order chi connectivity index (χ1) is 9.65. The molecule has 0 radical (unpaired) electrons. The molecule has 1 unspecified atom stereocenters. The van der Waals surface area contributed by atoms with Crippen LogP contribution in [0.2, 0.25) is 0 Å². The Morgan fingerprint density at radius 2 is 1.70 bits per heavy atom. The van der Waals surface area contributed by atoms with Gasteiger partial charge < -0.3 is 15.2 Å². The van der Waals surface area contributed by atoms with Crippen molar-refractivity contribution in [2.45, 2.75) is 19.4 Å². The molecule has 106 valence electrons. The van der Waals surface area contributed by atoms with Crippen molar-refractivity contribution in [3.05, 3.63) is 59.2 Å². The van der Waals surface area contributed by atoms with Gasteiger partial charge in [-0.05, 0) is 31.0 Å². The third-order valence-corrected chi connectivity index (χ3v) is 3.41. The number of rotatable bonds is 5. The molecule has 0 aliphatic heterocycles. The van der Waals surface area contributed by atoms with Crippen LogP contribution in [0, 0.1) is 6.92 Å². The van der Waals surface area contributed by atoms with Crippen LogP contribution in [0.4, 0.5) is 0 Å². The summed E-state index contributed by atoms with van der Waals surface area (Å²) in [5.74, 6) is 1.70. The van der Waals surface area contributed by atoms with Crippen LogP contribution in [-0.4, -0.2) is 14.2 Å². The van der Waals surface area contributed by atoms with Crippen LogP contribution in [0.3, 0.4) is 0 Å². The predicted molar refractivity (Wildman–Crippen MR) is 81.4 cm³/mol. The van der Waals surface area contributed by atoms with Crippen LogP contribution >= 0.6 is 0 Å². The van der Waals surface area contributed by atoms with Crippen molar-refractivity contribution in [2.24, 2.45) is 5.73 Å². The first-order valence-electron chi connectivity index (χ1n) is 6.67. The molecule has 0 heterocycles. The fourth-order valence-electron chi connectivity index (χ4n) is 2.39. The summed E-state index contributed by atoms with van der Waals surface area (Å²) in [6.45, 7) is 2.07. The number of methoxy groups -OCH3 is 2. The van der Waals surface area contributed by atoms with Crippen LogP contribution in [0.25, 0.3) is 0 Å². The van der Waals surface area contributed by atoms with Crippen molar-refractivity contribution >= 4 is 0 Å². The minimum atomic E-state index is -0.123. The van der Waals surface area contributed by atoms with E-state index in [4.69, 9.17) is 15.2 Å².